The maximum atomic E-state index is 13.2. The van der Waals surface area contributed by atoms with Gasteiger partial charge in [-0.15, -0.1) is 11.3 Å². The summed E-state index contributed by atoms with van der Waals surface area (Å²) in [6.45, 7) is 1.79. The van der Waals surface area contributed by atoms with Crippen molar-refractivity contribution >= 4 is 71.9 Å². The number of fused-ring (bicyclic) bond motifs is 1. The number of ether oxygens (including phenoxy) is 1. The zero-order valence-electron chi connectivity index (χ0n) is 18.4. The largest absolute Gasteiger partial charge is 0.496 e. The molecule has 0 saturated heterocycles. The molecule has 1 heterocycles. The second-order valence-corrected chi connectivity index (χ2v) is 11.3. The highest BCUT2D eigenvalue weighted by Crippen LogP contribution is 2.34. The Kier molecular flexibility index (Phi) is 6.78. The molecule has 0 spiro atoms. The zero-order chi connectivity index (χ0) is 24.6. The van der Waals surface area contributed by atoms with Gasteiger partial charge in [0.15, 0.2) is 0 Å². The van der Waals surface area contributed by atoms with E-state index in [0.717, 1.165) is 15.6 Å². The number of methoxy groups -OCH3 is 1. The zero-order valence-corrected chi connectivity index (χ0v) is 21.6. The smallest absolute Gasteiger partial charge is 0.265 e. The van der Waals surface area contributed by atoms with E-state index in [9.17, 15) is 13.2 Å². The van der Waals surface area contributed by atoms with Crippen molar-refractivity contribution in [1.29, 1.82) is 0 Å². The van der Waals surface area contributed by atoms with Crippen LogP contribution in [0, 0.1) is 6.92 Å². The Balaban J connectivity index is 1.62. The van der Waals surface area contributed by atoms with Gasteiger partial charge in [0.1, 0.15) is 5.75 Å². The van der Waals surface area contributed by atoms with Crippen LogP contribution in [0.1, 0.15) is 15.2 Å². The lowest BCUT2D eigenvalue weighted by atomic mass is 10.2. The first-order valence-electron chi connectivity index (χ1n) is 10.0. The van der Waals surface area contributed by atoms with Crippen molar-refractivity contribution in [3.63, 3.8) is 0 Å². The summed E-state index contributed by atoms with van der Waals surface area (Å²) >= 11 is 13.5. The second-order valence-electron chi connectivity index (χ2n) is 7.49. The number of benzene rings is 3. The predicted molar refractivity (Wildman–Crippen MR) is 140 cm³/mol. The maximum Gasteiger partial charge on any atom is 0.265 e. The second kappa shape index (κ2) is 9.46. The molecule has 34 heavy (non-hydrogen) atoms. The van der Waals surface area contributed by atoms with Crippen molar-refractivity contribution in [2.75, 3.05) is 23.8 Å². The summed E-state index contributed by atoms with van der Waals surface area (Å²) in [5.74, 6) is 0.285. The molecule has 0 atom stereocenters. The van der Waals surface area contributed by atoms with Gasteiger partial charge in [0, 0.05) is 11.7 Å². The number of nitrogens with one attached hydrogen (secondary N) is 1. The van der Waals surface area contributed by atoms with Crippen LogP contribution in [-0.4, -0.2) is 28.5 Å². The molecule has 10 heteroatoms. The molecule has 0 saturated carbocycles. The molecule has 0 aliphatic rings. The Morgan fingerprint density at radius 2 is 1.82 bits per heavy atom. The molecular formula is C24H20Cl2N2O4S2. The van der Waals surface area contributed by atoms with Gasteiger partial charge in [-0.3, -0.25) is 9.10 Å². The third kappa shape index (κ3) is 4.59. The number of hydrogen-bond donors (Lipinski definition) is 1. The Hall–Kier alpha value is -2.78. The lowest BCUT2D eigenvalue weighted by Crippen LogP contribution is -2.26. The van der Waals surface area contributed by atoms with E-state index < -0.39 is 10.0 Å². The van der Waals surface area contributed by atoms with Gasteiger partial charge in [-0.1, -0.05) is 29.3 Å². The normalized spacial score (nSPS) is 11.4. The van der Waals surface area contributed by atoms with Crippen molar-refractivity contribution in [3.05, 3.63) is 81.1 Å². The van der Waals surface area contributed by atoms with Crippen LogP contribution in [0.5, 0.6) is 5.75 Å². The van der Waals surface area contributed by atoms with E-state index in [1.54, 1.807) is 61.5 Å². The minimum Gasteiger partial charge on any atom is -0.496 e. The molecule has 1 amide bonds. The van der Waals surface area contributed by atoms with Gasteiger partial charge in [0.05, 0.1) is 38.3 Å². The first-order chi connectivity index (χ1) is 16.1. The number of carbonyl (C=O) groups excluding carboxylic acids is 1. The minimum absolute atomic E-state index is 0.164. The van der Waals surface area contributed by atoms with E-state index in [1.165, 1.54) is 35.9 Å². The summed E-state index contributed by atoms with van der Waals surface area (Å²) < 4.78 is 33.7. The molecule has 176 valence electrons. The molecule has 3 aromatic carbocycles. The number of carbonyl (C=O) groups is 1. The fourth-order valence-corrected chi connectivity index (χ4v) is 5.99. The third-order valence-electron chi connectivity index (χ3n) is 5.31. The molecule has 0 unspecified atom stereocenters. The molecule has 0 aliphatic heterocycles. The fraction of sp³-hybridized carbons (Fsp3) is 0.125. The van der Waals surface area contributed by atoms with E-state index in [-0.39, 0.29) is 15.8 Å². The molecule has 1 N–H and O–H groups in total. The van der Waals surface area contributed by atoms with E-state index in [1.807, 2.05) is 0 Å². The van der Waals surface area contributed by atoms with Gasteiger partial charge in [0.2, 0.25) is 0 Å². The van der Waals surface area contributed by atoms with Crippen LogP contribution in [-0.2, 0) is 10.0 Å². The molecule has 0 radical (unpaired) electrons. The number of hydrogen-bond acceptors (Lipinski definition) is 5. The van der Waals surface area contributed by atoms with Crippen molar-refractivity contribution in [1.82, 2.24) is 0 Å². The van der Waals surface area contributed by atoms with E-state index in [4.69, 9.17) is 27.9 Å². The van der Waals surface area contributed by atoms with Crippen LogP contribution in [0.25, 0.3) is 10.1 Å². The van der Waals surface area contributed by atoms with Crippen LogP contribution in [0.15, 0.2) is 65.6 Å². The number of aryl methyl sites for hydroxylation is 1. The minimum atomic E-state index is -3.79. The average molecular weight is 535 g/mol. The standard InChI is InChI=1S/C24H20Cl2N2O4S2/c1-14-11-17(8-9-20(14)32-3)34(30,31)28(2)16-7-10-21-15(12-16)13-22(33-21)24(29)27-19-6-4-5-18(25)23(19)26/h4-13H,1-3H3,(H,27,29). The highest BCUT2D eigenvalue weighted by Gasteiger charge is 2.23. The molecular weight excluding hydrogens is 515 g/mol. The molecule has 0 aliphatic carbocycles. The van der Waals surface area contributed by atoms with Crippen molar-refractivity contribution in [3.8, 4) is 5.75 Å². The fourth-order valence-electron chi connectivity index (χ4n) is 3.43. The summed E-state index contributed by atoms with van der Waals surface area (Å²) in [6, 6.07) is 16.7. The summed E-state index contributed by atoms with van der Waals surface area (Å²) in [4.78, 5) is 13.4. The maximum absolute atomic E-state index is 13.2. The van der Waals surface area contributed by atoms with Gasteiger partial charge in [-0.05, 0) is 72.5 Å². The van der Waals surface area contributed by atoms with Crippen molar-refractivity contribution in [2.24, 2.45) is 0 Å². The highest BCUT2D eigenvalue weighted by atomic mass is 35.5. The van der Waals surface area contributed by atoms with Crippen LogP contribution in [0.4, 0.5) is 11.4 Å². The van der Waals surface area contributed by atoms with Crippen LogP contribution >= 0.6 is 34.5 Å². The van der Waals surface area contributed by atoms with Gasteiger partial charge >= 0.3 is 0 Å². The van der Waals surface area contributed by atoms with Gasteiger partial charge in [-0.2, -0.15) is 0 Å². The lowest BCUT2D eigenvalue weighted by Gasteiger charge is -2.20. The number of rotatable bonds is 6. The van der Waals surface area contributed by atoms with Crippen LogP contribution in [0.3, 0.4) is 0 Å². The monoisotopic (exact) mass is 534 g/mol. The van der Waals surface area contributed by atoms with E-state index in [0.29, 0.717) is 27.0 Å². The highest BCUT2D eigenvalue weighted by molar-refractivity contribution is 7.92. The summed E-state index contributed by atoms with van der Waals surface area (Å²) in [6.07, 6.45) is 0. The SMILES string of the molecule is COc1ccc(S(=O)(=O)N(C)c2ccc3sc(C(=O)Nc4cccc(Cl)c4Cl)cc3c2)cc1C. The quantitative estimate of drug-likeness (QED) is 0.302. The Morgan fingerprint density at radius 3 is 2.53 bits per heavy atom. The van der Waals surface area contributed by atoms with Gasteiger partial charge in [0.25, 0.3) is 15.9 Å². The molecule has 0 fully saturated rings. The number of halogens is 2. The van der Waals surface area contributed by atoms with Crippen molar-refractivity contribution in [2.45, 2.75) is 11.8 Å². The first kappa shape index (κ1) is 24.3. The Morgan fingerprint density at radius 1 is 1.06 bits per heavy atom. The summed E-state index contributed by atoms with van der Waals surface area (Å²) in [5, 5.41) is 4.12. The number of sulfonamides is 1. The Labute approximate surface area is 211 Å². The third-order valence-corrected chi connectivity index (χ3v) is 9.03. The molecule has 6 nitrogen and oxygen atoms in total. The summed E-state index contributed by atoms with van der Waals surface area (Å²) in [5.41, 5.74) is 1.61. The molecule has 4 aromatic rings. The molecule has 1 aromatic heterocycles. The van der Waals surface area contributed by atoms with Gasteiger partial charge in [-0.25, -0.2) is 8.42 Å². The average Bonchev–Trinajstić information content (AvgIpc) is 3.25. The predicted octanol–water partition coefficient (Wildman–Crippen LogP) is 6.60. The van der Waals surface area contributed by atoms with Crippen molar-refractivity contribution < 1.29 is 17.9 Å². The molecule has 0 bridgehead atoms. The van der Waals surface area contributed by atoms with E-state index in [2.05, 4.69) is 5.32 Å². The van der Waals surface area contributed by atoms with Crippen LogP contribution in [0.2, 0.25) is 10.0 Å². The molecule has 4 rings (SSSR count). The van der Waals surface area contributed by atoms with Crippen LogP contribution < -0.4 is 14.4 Å². The van der Waals surface area contributed by atoms with Gasteiger partial charge < -0.3 is 10.1 Å². The number of amides is 1. The first-order valence-corrected chi connectivity index (χ1v) is 13.1. The number of anilines is 2. The van der Waals surface area contributed by atoms with E-state index >= 15 is 0 Å². The Bertz CT molecular complexity index is 1520. The number of nitrogens with zero attached hydrogens (tertiary/aromatic N) is 1. The summed E-state index contributed by atoms with van der Waals surface area (Å²) in [7, 11) is -0.757. The number of thiophene rings is 1. The topological polar surface area (TPSA) is 75.7 Å². The lowest BCUT2D eigenvalue weighted by molar-refractivity contribution is 0.103.